The molecule has 0 radical (unpaired) electrons. The molecule has 0 aliphatic carbocycles. The van der Waals surface area contributed by atoms with Crippen LogP contribution in [0.3, 0.4) is 0 Å². The van der Waals surface area contributed by atoms with Gasteiger partial charge in [0.15, 0.2) is 6.23 Å². The number of nitrogens with one attached hydrogen (secondary N) is 1. The number of azide groups is 1. The van der Waals surface area contributed by atoms with E-state index in [0.29, 0.717) is 0 Å². The lowest BCUT2D eigenvalue weighted by atomic mass is 9.80. The van der Waals surface area contributed by atoms with Crippen LogP contribution in [0.2, 0.25) is 0 Å². The summed E-state index contributed by atoms with van der Waals surface area (Å²) < 4.78 is 44.0. The van der Waals surface area contributed by atoms with Crippen LogP contribution in [-0.2, 0) is 29.4 Å². The summed E-state index contributed by atoms with van der Waals surface area (Å²) in [6.45, 7) is 1.27. The van der Waals surface area contributed by atoms with Crippen molar-refractivity contribution in [2.75, 3.05) is 12.9 Å². The molecule has 1 aromatic heterocycles. The van der Waals surface area contributed by atoms with Crippen molar-refractivity contribution < 1.29 is 22.1 Å². The van der Waals surface area contributed by atoms with E-state index in [2.05, 4.69) is 15.0 Å². The molecule has 1 aliphatic rings. The molecular weight excluding hydrogens is 574 g/mol. The molecule has 0 bridgehead atoms. The van der Waals surface area contributed by atoms with Crippen molar-refractivity contribution in [3.63, 3.8) is 0 Å². The Morgan fingerprint density at radius 3 is 1.93 bits per heavy atom. The van der Waals surface area contributed by atoms with E-state index in [1.165, 1.54) is 13.1 Å². The molecule has 0 spiro atoms. The highest BCUT2D eigenvalue weighted by molar-refractivity contribution is 7.86. The molecule has 5 rings (SSSR count). The predicted molar refractivity (Wildman–Crippen MR) is 158 cm³/mol. The molecule has 1 unspecified atom stereocenters. The smallest absolute Gasteiger partial charge is 0.330 e. The van der Waals surface area contributed by atoms with Crippen molar-refractivity contribution in [3.05, 3.63) is 151 Å². The van der Waals surface area contributed by atoms with Crippen molar-refractivity contribution in [1.82, 2.24) is 9.55 Å². The van der Waals surface area contributed by atoms with Crippen LogP contribution < -0.4 is 11.2 Å². The molecule has 0 amide bonds. The van der Waals surface area contributed by atoms with Crippen molar-refractivity contribution in [2.45, 2.75) is 37.0 Å². The highest BCUT2D eigenvalue weighted by atomic mass is 32.2. The molecule has 13 heteroatoms. The number of hydrogen-bond acceptors (Lipinski definition) is 8. The SMILES string of the molecule is Cc1cn(C2O[C@H](COC(c3ccccc3)(c3ccccc3)c3ccccc3)[C@@H](N=[N+]=[N-])[C@@H]2OS(C)(=O)=O)c(=O)[nH]c1=O. The van der Waals surface area contributed by atoms with Crippen molar-refractivity contribution in [3.8, 4) is 0 Å². The zero-order valence-corrected chi connectivity index (χ0v) is 24.1. The Morgan fingerprint density at radius 1 is 0.953 bits per heavy atom. The molecular formula is C30H29N5O7S. The summed E-state index contributed by atoms with van der Waals surface area (Å²) >= 11 is 0. The van der Waals surface area contributed by atoms with E-state index in [4.69, 9.17) is 13.7 Å². The Morgan fingerprint density at radius 2 is 1.47 bits per heavy atom. The monoisotopic (exact) mass is 603 g/mol. The second kappa shape index (κ2) is 12.4. The van der Waals surface area contributed by atoms with Gasteiger partial charge in [0.25, 0.3) is 15.7 Å². The quantitative estimate of drug-likeness (QED) is 0.0947. The van der Waals surface area contributed by atoms with Gasteiger partial charge in [-0.25, -0.2) is 4.79 Å². The van der Waals surface area contributed by atoms with Gasteiger partial charge in [0.2, 0.25) is 0 Å². The summed E-state index contributed by atoms with van der Waals surface area (Å²) in [5, 5.41) is 3.83. The fourth-order valence-corrected chi connectivity index (χ4v) is 5.95. The van der Waals surface area contributed by atoms with Gasteiger partial charge in [-0.15, -0.1) is 0 Å². The standard InChI is InChI=1S/C30H29N5O7S/c1-20-18-35(29(37)32-27(20)36)28-26(42-43(2,38)39)25(33-34-31)24(41-28)19-40-30(21-12-6-3-7-13-21,22-14-8-4-9-15-22)23-16-10-5-11-17-23/h3-18,24-26,28H,19H2,1-2H3,(H,32,36,37)/t24-,25-,26+,28?/m1/s1. The first-order valence-electron chi connectivity index (χ1n) is 13.3. The Balaban J connectivity index is 1.62. The lowest BCUT2D eigenvalue weighted by molar-refractivity contribution is -0.0863. The third-order valence-corrected chi connectivity index (χ3v) is 7.78. The fraction of sp³-hybridized carbons (Fsp3) is 0.267. The average molecular weight is 604 g/mol. The zero-order chi connectivity index (χ0) is 30.6. The number of ether oxygens (including phenoxy) is 2. The van der Waals surface area contributed by atoms with E-state index >= 15 is 0 Å². The number of aromatic amines is 1. The first-order valence-corrected chi connectivity index (χ1v) is 15.2. The fourth-order valence-electron chi connectivity index (χ4n) is 5.34. The Hall–Kier alpha value is -4.52. The lowest BCUT2D eigenvalue weighted by Crippen LogP contribution is -2.41. The summed E-state index contributed by atoms with van der Waals surface area (Å²) in [5.41, 5.74) is 9.43. The van der Waals surface area contributed by atoms with Crippen LogP contribution in [0.1, 0.15) is 28.5 Å². The topological polar surface area (TPSA) is 165 Å². The van der Waals surface area contributed by atoms with Gasteiger partial charge in [-0.2, -0.15) is 8.42 Å². The van der Waals surface area contributed by atoms with Gasteiger partial charge in [-0.1, -0.05) is 96.1 Å². The van der Waals surface area contributed by atoms with Crippen molar-refractivity contribution in [2.24, 2.45) is 5.11 Å². The van der Waals surface area contributed by atoms with Crippen LogP contribution in [0, 0.1) is 6.92 Å². The molecule has 1 saturated heterocycles. The Kier molecular flexibility index (Phi) is 8.62. The molecule has 1 aliphatic heterocycles. The van der Waals surface area contributed by atoms with Crippen molar-refractivity contribution in [1.29, 1.82) is 0 Å². The van der Waals surface area contributed by atoms with Gasteiger partial charge in [0.05, 0.1) is 25.0 Å². The van der Waals surface area contributed by atoms with Gasteiger partial charge in [0.1, 0.15) is 11.7 Å². The molecule has 3 aromatic carbocycles. The van der Waals surface area contributed by atoms with Gasteiger partial charge in [0, 0.05) is 16.7 Å². The minimum absolute atomic E-state index is 0.178. The van der Waals surface area contributed by atoms with E-state index in [-0.39, 0.29) is 12.2 Å². The zero-order valence-electron chi connectivity index (χ0n) is 23.3. The van der Waals surface area contributed by atoms with E-state index in [0.717, 1.165) is 27.5 Å². The van der Waals surface area contributed by atoms with Crippen molar-refractivity contribution >= 4 is 10.1 Å². The van der Waals surface area contributed by atoms with E-state index in [1.807, 2.05) is 91.0 Å². The summed E-state index contributed by atoms with van der Waals surface area (Å²) in [5.74, 6) is 0. The number of H-pyrrole nitrogens is 1. The van der Waals surface area contributed by atoms with E-state index < -0.39 is 51.4 Å². The number of aromatic nitrogens is 2. The highest BCUT2D eigenvalue weighted by Gasteiger charge is 2.50. The molecule has 0 saturated carbocycles. The van der Waals surface area contributed by atoms with Crippen LogP contribution in [0.4, 0.5) is 0 Å². The maximum atomic E-state index is 12.8. The minimum Gasteiger partial charge on any atom is -0.358 e. The van der Waals surface area contributed by atoms with Gasteiger partial charge in [-0.3, -0.25) is 18.5 Å². The number of rotatable bonds is 10. The number of aryl methyl sites for hydroxylation is 1. The highest BCUT2D eigenvalue weighted by Crippen LogP contribution is 2.42. The first kappa shape index (κ1) is 30.0. The normalized spacial score (nSPS) is 20.4. The molecule has 43 heavy (non-hydrogen) atoms. The van der Waals surface area contributed by atoms with E-state index in [9.17, 15) is 23.5 Å². The second-order valence-corrected chi connectivity index (χ2v) is 11.7. The summed E-state index contributed by atoms with van der Waals surface area (Å²) in [7, 11) is -4.12. The van der Waals surface area contributed by atoms with Crippen LogP contribution in [-0.4, -0.2) is 49.1 Å². The van der Waals surface area contributed by atoms with Crippen LogP contribution in [0.25, 0.3) is 10.4 Å². The van der Waals surface area contributed by atoms with Crippen LogP contribution in [0.5, 0.6) is 0 Å². The predicted octanol–water partition coefficient (Wildman–Crippen LogP) is 3.77. The second-order valence-electron chi connectivity index (χ2n) is 10.1. The van der Waals surface area contributed by atoms with E-state index in [1.54, 1.807) is 0 Å². The molecule has 12 nitrogen and oxygen atoms in total. The van der Waals surface area contributed by atoms with Crippen LogP contribution in [0.15, 0.2) is 112 Å². The Bertz CT molecular complexity index is 1740. The maximum absolute atomic E-state index is 12.8. The molecule has 222 valence electrons. The molecule has 1 fully saturated rings. The van der Waals surface area contributed by atoms with Gasteiger partial charge >= 0.3 is 5.69 Å². The summed E-state index contributed by atoms with van der Waals surface area (Å²) in [4.78, 5) is 30.0. The first-order chi connectivity index (χ1) is 20.6. The largest absolute Gasteiger partial charge is 0.358 e. The number of hydrogen-bond donors (Lipinski definition) is 1. The van der Waals surface area contributed by atoms with Gasteiger partial charge < -0.3 is 9.47 Å². The van der Waals surface area contributed by atoms with Gasteiger partial charge in [-0.05, 0) is 29.1 Å². The average Bonchev–Trinajstić information content (AvgIpc) is 3.32. The maximum Gasteiger partial charge on any atom is 0.330 e. The lowest BCUT2D eigenvalue weighted by Gasteiger charge is -2.37. The molecule has 1 N–H and O–H groups in total. The van der Waals surface area contributed by atoms with Crippen LogP contribution >= 0.6 is 0 Å². The summed E-state index contributed by atoms with van der Waals surface area (Å²) in [6.07, 6.45) is -1.80. The molecule has 4 atom stereocenters. The Labute approximate surface area is 247 Å². The third kappa shape index (κ3) is 6.17. The minimum atomic E-state index is -4.12. The molecule has 2 heterocycles. The summed E-state index contributed by atoms with van der Waals surface area (Å²) in [6, 6.07) is 27.4. The molecule has 4 aromatic rings. The number of benzene rings is 3. The number of nitrogens with zero attached hydrogens (tertiary/aromatic N) is 4. The third-order valence-electron chi connectivity index (χ3n) is 7.21.